The molecule has 0 radical (unpaired) electrons. The number of carbonyl (C=O) groups excluding carboxylic acids is 1. The number of benzene rings is 1. The van der Waals surface area contributed by atoms with Crippen molar-refractivity contribution in [2.45, 2.75) is 51.3 Å². The Kier molecular flexibility index (Phi) is 8.98. The van der Waals surface area contributed by atoms with Gasteiger partial charge in [0.05, 0.1) is 34.6 Å². The number of nitrogens with zero attached hydrogens (tertiary/aromatic N) is 8. The molecule has 1 amide bonds. The normalized spacial score (nSPS) is 18.3. The topological polar surface area (TPSA) is 114 Å². The maximum atomic E-state index is 14.1. The number of piperidine rings is 1. The number of ether oxygens (including phenoxy) is 1. The molecule has 0 bridgehead atoms. The third-order valence-electron chi connectivity index (χ3n) is 9.24. The number of rotatable bonds is 11. The second-order valence-electron chi connectivity index (χ2n) is 12.7. The van der Waals surface area contributed by atoms with Crippen molar-refractivity contribution in [1.82, 2.24) is 39.3 Å². The zero-order valence-corrected chi connectivity index (χ0v) is 26.4. The van der Waals surface area contributed by atoms with E-state index in [0.29, 0.717) is 47.4 Å². The molecular weight excluding hydrogens is 639 g/mol. The number of alkyl halides is 4. The van der Waals surface area contributed by atoms with E-state index in [9.17, 15) is 31.9 Å². The first-order valence-corrected chi connectivity index (χ1v) is 15.4. The highest BCUT2D eigenvalue weighted by Gasteiger charge is 2.52. The third-order valence-corrected chi connectivity index (χ3v) is 9.24. The fraction of sp³-hybridized carbons (Fsp3) is 0.469. The minimum atomic E-state index is -2.91. The van der Waals surface area contributed by atoms with Gasteiger partial charge in [-0.3, -0.25) is 14.3 Å². The molecule has 5 heterocycles. The highest BCUT2D eigenvalue weighted by molar-refractivity contribution is 5.88. The van der Waals surface area contributed by atoms with Crippen molar-refractivity contribution in [2.24, 2.45) is 5.41 Å². The monoisotopic (exact) mass is 674 g/mol. The number of halogens is 5. The van der Waals surface area contributed by atoms with Crippen molar-refractivity contribution >= 4 is 16.9 Å². The van der Waals surface area contributed by atoms with E-state index in [0.717, 1.165) is 24.7 Å². The molecule has 6 rings (SSSR count). The highest BCUT2D eigenvalue weighted by atomic mass is 19.3. The number of aliphatic hydroxyl groups is 1. The molecule has 2 fully saturated rings. The van der Waals surface area contributed by atoms with Crippen LogP contribution in [0.3, 0.4) is 0 Å². The van der Waals surface area contributed by atoms with Crippen LogP contribution in [0, 0.1) is 18.2 Å². The van der Waals surface area contributed by atoms with Crippen LogP contribution in [-0.4, -0.2) is 96.1 Å². The molecule has 1 atom stereocenters. The first kappa shape index (κ1) is 33.5. The molecule has 2 saturated heterocycles. The predicted molar refractivity (Wildman–Crippen MR) is 164 cm³/mol. The molecule has 0 aliphatic carbocycles. The number of amides is 1. The van der Waals surface area contributed by atoms with Crippen LogP contribution in [0.2, 0.25) is 0 Å². The third kappa shape index (κ3) is 6.25. The van der Waals surface area contributed by atoms with Crippen LogP contribution < -0.4 is 4.74 Å². The van der Waals surface area contributed by atoms with Gasteiger partial charge in [0, 0.05) is 38.3 Å². The predicted octanol–water partition coefficient (Wildman–Crippen LogP) is 4.74. The summed E-state index contributed by atoms with van der Waals surface area (Å²) < 4.78 is 77.7. The van der Waals surface area contributed by atoms with E-state index in [1.165, 1.54) is 24.0 Å². The van der Waals surface area contributed by atoms with Crippen molar-refractivity contribution in [3.05, 3.63) is 66.6 Å². The smallest absolute Gasteiger partial charge is 0.320 e. The van der Waals surface area contributed by atoms with Gasteiger partial charge in [0.15, 0.2) is 0 Å². The molecule has 48 heavy (non-hydrogen) atoms. The van der Waals surface area contributed by atoms with E-state index < -0.39 is 36.4 Å². The Hall–Kier alpha value is -4.44. The molecule has 4 aromatic rings. The van der Waals surface area contributed by atoms with Gasteiger partial charge in [-0.25, -0.2) is 22.8 Å². The number of imidazole rings is 1. The molecule has 1 N–H and O–H groups in total. The van der Waals surface area contributed by atoms with Gasteiger partial charge >= 0.3 is 6.55 Å². The Morgan fingerprint density at radius 1 is 1.19 bits per heavy atom. The van der Waals surface area contributed by atoms with Crippen LogP contribution in [0.25, 0.3) is 22.3 Å². The fourth-order valence-corrected chi connectivity index (χ4v) is 6.54. The van der Waals surface area contributed by atoms with Crippen LogP contribution in [0.1, 0.15) is 43.7 Å². The standard InChI is InChI=1S/C32H35F5N8O3/c1-4-26(46)43-15-32(16-43,29(34)35)14-42-9-7-22(8-10-42)45-19(2)27(40-41-45)20-11-23-28(44(18-39-23)30(36)37)24(12-20)48-17-31(3,47)25-6-5-21(33)13-38-25/h4-6,11-13,18,22,29-30,47H,1,7-10,14-17H2,2-3H3. The molecule has 256 valence electrons. The average Bonchev–Trinajstić information content (AvgIpc) is 3.65. The summed E-state index contributed by atoms with van der Waals surface area (Å²) in [5, 5.41) is 19.8. The van der Waals surface area contributed by atoms with Gasteiger partial charge in [-0.05, 0) is 57.0 Å². The Morgan fingerprint density at radius 3 is 2.54 bits per heavy atom. The maximum absolute atomic E-state index is 14.1. The van der Waals surface area contributed by atoms with Crippen molar-refractivity contribution in [2.75, 3.05) is 39.3 Å². The Bertz CT molecular complexity index is 1800. The highest BCUT2D eigenvalue weighted by Crippen LogP contribution is 2.40. The minimum absolute atomic E-state index is 0.00668. The molecule has 0 spiro atoms. The van der Waals surface area contributed by atoms with Gasteiger partial charge in [-0.1, -0.05) is 11.8 Å². The van der Waals surface area contributed by atoms with Gasteiger partial charge in [-0.15, -0.1) is 5.10 Å². The first-order valence-electron chi connectivity index (χ1n) is 15.4. The summed E-state index contributed by atoms with van der Waals surface area (Å²) in [7, 11) is 0. The van der Waals surface area contributed by atoms with Gasteiger partial charge in [0.25, 0.3) is 0 Å². The Labute approximate surface area is 272 Å². The van der Waals surface area contributed by atoms with Crippen LogP contribution in [0.5, 0.6) is 5.75 Å². The number of pyridine rings is 1. The van der Waals surface area contributed by atoms with Gasteiger partial charge in [0.1, 0.15) is 41.3 Å². The number of carbonyl (C=O) groups is 1. The Balaban J connectivity index is 1.19. The van der Waals surface area contributed by atoms with Gasteiger partial charge in [0.2, 0.25) is 12.3 Å². The van der Waals surface area contributed by atoms with Crippen LogP contribution in [0.4, 0.5) is 22.0 Å². The molecule has 0 saturated carbocycles. The molecule has 2 aliphatic heterocycles. The fourth-order valence-electron chi connectivity index (χ4n) is 6.54. The zero-order chi connectivity index (χ0) is 34.4. The summed E-state index contributed by atoms with van der Waals surface area (Å²) in [6.45, 7) is 4.65. The van der Waals surface area contributed by atoms with E-state index in [1.54, 1.807) is 10.7 Å². The van der Waals surface area contributed by atoms with Crippen LogP contribution in [0.15, 0.2) is 49.4 Å². The quantitative estimate of drug-likeness (QED) is 0.180. The van der Waals surface area contributed by atoms with Crippen molar-refractivity contribution in [3.63, 3.8) is 0 Å². The van der Waals surface area contributed by atoms with E-state index >= 15 is 0 Å². The van der Waals surface area contributed by atoms with E-state index in [1.807, 2.05) is 11.8 Å². The summed E-state index contributed by atoms with van der Waals surface area (Å²) in [5.41, 5.74) is -0.917. The lowest BCUT2D eigenvalue weighted by Gasteiger charge is -2.51. The summed E-state index contributed by atoms with van der Waals surface area (Å²) in [6, 6.07) is 5.54. The van der Waals surface area contributed by atoms with Gasteiger partial charge < -0.3 is 19.6 Å². The lowest BCUT2D eigenvalue weighted by Crippen LogP contribution is -2.65. The van der Waals surface area contributed by atoms with E-state index in [-0.39, 0.29) is 54.1 Å². The number of aromatic nitrogens is 6. The number of likely N-dealkylation sites (tertiary alicyclic amines) is 2. The largest absolute Gasteiger partial charge is 0.488 e. The van der Waals surface area contributed by atoms with E-state index in [2.05, 4.69) is 26.9 Å². The second-order valence-corrected chi connectivity index (χ2v) is 12.7. The van der Waals surface area contributed by atoms with Gasteiger partial charge in [-0.2, -0.15) is 8.78 Å². The van der Waals surface area contributed by atoms with Crippen molar-refractivity contribution in [3.8, 4) is 17.0 Å². The summed E-state index contributed by atoms with van der Waals surface area (Å²) in [6.07, 6.45) is 1.80. The molecule has 3 aromatic heterocycles. The number of fused-ring (bicyclic) bond motifs is 1. The molecule has 16 heteroatoms. The van der Waals surface area contributed by atoms with Crippen molar-refractivity contribution in [1.29, 1.82) is 0 Å². The maximum Gasteiger partial charge on any atom is 0.320 e. The second kappa shape index (κ2) is 12.9. The first-order chi connectivity index (χ1) is 22.8. The van der Waals surface area contributed by atoms with Crippen LogP contribution >= 0.6 is 0 Å². The molecular formula is C32H35F5N8O3. The average molecular weight is 675 g/mol. The lowest BCUT2D eigenvalue weighted by molar-refractivity contribution is -0.157. The summed E-state index contributed by atoms with van der Waals surface area (Å²) in [5.74, 6) is -0.915. The molecule has 11 nitrogen and oxygen atoms in total. The summed E-state index contributed by atoms with van der Waals surface area (Å²) in [4.78, 5) is 23.3. The molecule has 2 aliphatic rings. The SMILES string of the molecule is C=CC(=O)N1CC(CN2CCC(n3nnc(-c4cc(OCC(C)(O)c5ccc(F)cn5)c5c(c4)ncn5C(F)F)c3C)CC2)(C(F)F)C1. The minimum Gasteiger partial charge on any atom is -0.488 e. The lowest BCUT2D eigenvalue weighted by atomic mass is 9.79. The Morgan fingerprint density at radius 2 is 1.92 bits per heavy atom. The molecule has 1 unspecified atom stereocenters. The van der Waals surface area contributed by atoms with Crippen LogP contribution in [-0.2, 0) is 10.4 Å². The van der Waals surface area contributed by atoms with Crippen molar-refractivity contribution < 1.29 is 36.6 Å². The van der Waals surface area contributed by atoms with E-state index in [4.69, 9.17) is 4.74 Å². The zero-order valence-electron chi connectivity index (χ0n) is 26.4. The summed E-state index contributed by atoms with van der Waals surface area (Å²) >= 11 is 0. The number of hydrogen-bond acceptors (Lipinski definition) is 8. The number of hydrogen-bond donors (Lipinski definition) is 1. The molecule has 1 aromatic carbocycles.